The summed E-state index contributed by atoms with van der Waals surface area (Å²) in [5.41, 5.74) is -0.0410. The summed E-state index contributed by atoms with van der Waals surface area (Å²) >= 11 is 0. The normalized spacial score (nSPS) is 23.0. The van der Waals surface area contributed by atoms with Gasteiger partial charge in [0.2, 0.25) is 11.7 Å². The molecule has 1 N–H and O–H groups in total. The molecule has 5 heteroatoms. The third kappa shape index (κ3) is 2.90. The molecule has 5 nitrogen and oxygen atoms in total. The van der Waals surface area contributed by atoms with Crippen molar-refractivity contribution in [1.82, 2.24) is 15.5 Å². The van der Waals surface area contributed by atoms with Crippen molar-refractivity contribution in [3.63, 3.8) is 0 Å². The maximum Gasteiger partial charge on any atom is 0.231 e. The Morgan fingerprint density at radius 2 is 2.22 bits per heavy atom. The Bertz CT molecular complexity index is 378. The van der Waals surface area contributed by atoms with Gasteiger partial charge < -0.3 is 14.6 Å². The smallest absolute Gasteiger partial charge is 0.231 e. The first-order chi connectivity index (χ1) is 8.52. The molecule has 0 spiro atoms. The number of ether oxygens (including phenoxy) is 1. The van der Waals surface area contributed by atoms with Crippen molar-refractivity contribution in [1.29, 1.82) is 0 Å². The molecule has 2 heterocycles. The highest BCUT2D eigenvalue weighted by Crippen LogP contribution is 2.34. The highest BCUT2D eigenvalue weighted by Gasteiger charge is 2.31. The lowest BCUT2D eigenvalue weighted by molar-refractivity contribution is 0.00718. The summed E-state index contributed by atoms with van der Waals surface area (Å²) < 4.78 is 10.9. The highest BCUT2D eigenvalue weighted by atomic mass is 16.5. The molecule has 2 atom stereocenters. The van der Waals surface area contributed by atoms with Crippen LogP contribution in [0.4, 0.5) is 0 Å². The summed E-state index contributed by atoms with van der Waals surface area (Å²) in [5, 5.41) is 7.45. The van der Waals surface area contributed by atoms with Crippen molar-refractivity contribution in [3.8, 4) is 0 Å². The van der Waals surface area contributed by atoms with Crippen LogP contribution >= 0.6 is 0 Å². The fourth-order valence-corrected chi connectivity index (χ4v) is 2.43. The van der Waals surface area contributed by atoms with E-state index in [1.165, 1.54) is 0 Å². The summed E-state index contributed by atoms with van der Waals surface area (Å²) in [5.74, 6) is 1.74. The van der Waals surface area contributed by atoms with Crippen LogP contribution in [0.3, 0.4) is 0 Å². The minimum Gasteiger partial charge on any atom is -0.373 e. The molecule has 0 aromatic carbocycles. The third-order valence-electron chi connectivity index (χ3n) is 3.36. The molecule has 0 radical (unpaired) electrons. The highest BCUT2D eigenvalue weighted by molar-refractivity contribution is 5.01. The predicted molar refractivity (Wildman–Crippen MR) is 68.3 cm³/mol. The first-order valence-corrected chi connectivity index (χ1v) is 6.59. The van der Waals surface area contributed by atoms with Crippen LogP contribution in [0.15, 0.2) is 4.52 Å². The van der Waals surface area contributed by atoms with E-state index in [-0.39, 0.29) is 11.5 Å². The van der Waals surface area contributed by atoms with Gasteiger partial charge in [0, 0.05) is 13.7 Å². The maximum absolute atomic E-state index is 5.50. The van der Waals surface area contributed by atoms with E-state index >= 15 is 0 Å². The first kappa shape index (κ1) is 13.5. The van der Waals surface area contributed by atoms with Crippen molar-refractivity contribution < 1.29 is 9.26 Å². The summed E-state index contributed by atoms with van der Waals surface area (Å²) in [7, 11) is 1.69. The summed E-state index contributed by atoms with van der Waals surface area (Å²) in [6.07, 6.45) is 2.14. The number of rotatable bonds is 3. The Labute approximate surface area is 108 Å². The average molecular weight is 253 g/mol. The molecule has 0 bridgehead atoms. The van der Waals surface area contributed by atoms with E-state index in [0.717, 1.165) is 31.8 Å². The van der Waals surface area contributed by atoms with E-state index < -0.39 is 0 Å². The predicted octanol–water partition coefficient (Wildman–Crippen LogP) is 2.27. The molecule has 102 valence electrons. The van der Waals surface area contributed by atoms with Gasteiger partial charge in [-0.05, 0) is 24.8 Å². The Morgan fingerprint density at radius 3 is 2.78 bits per heavy atom. The Balaban J connectivity index is 2.13. The molecule has 1 aromatic heterocycles. The zero-order valence-corrected chi connectivity index (χ0v) is 11.7. The molecule has 1 aliphatic rings. The second-order valence-electron chi connectivity index (χ2n) is 6.02. The van der Waals surface area contributed by atoms with Crippen LogP contribution in [-0.2, 0) is 4.74 Å². The average Bonchev–Trinajstić information content (AvgIpc) is 2.78. The van der Waals surface area contributed by atoms with Gasteiger partial charge in [-0.25, -0.2) is 0 Å². The minimum atomic E-state index is -0.133. The van der Waals surface area contributed by atoms with Crippen LogP contribution < -0.4 is 5.32 Å². The van der Waals surface area contributed by atoms with Crippen molar-refractivity contribution >= 4 is 0 Å². The Hall–Kier alpha value is -0.940. The molecule has 1 saturated heterocycles. The number of nitrogens with one attached hydrogen (secondary N) is 1. The molecule has 18 heavy (non-hydrogen) atoms. The quantitative estimate of drug-likeness (QED) is 0.895. The van der Waals surface area contributed by atoms with E-state index in [0.29, 0.717) is 11.7 Å². The number of hydrogen-bond acceptors (Lipinski definition) is 5. The third-order valence-corrected chi connectivity index (χ3v) is 3.36. The summed E-state index contributed by atoms with van der Waals surface area (Å²) in [4.78, 5) is 4.53. The lowest BCUT2D eigenvalue weighted by Crippen LogP contribution is -2.28. The second kappa shape index (κ2) is 5.36. The van der Waals surface area contributed by atoms with Gasteiger partial charge in [-0.3, -0.25) is 0 Å². The second-order valence-corrected chi connectivity index (χ2v) is 6.02. The van der Waals surface area contributed by atoms with Gasteiger partial charge in [0.15, 0.2) is 0 Å². The van der Waals surface area contributed by atoms with Gasteiger partial charge in [-0.15, -0.1) is 0 Å². The molecule has 0 aliphatic carbocycles. The summed E-state index contributed by atoms with van der Waals surface area (Å²) in [6, 6.07) is 0. The fourth-order valence-electron chi connectivity index (χ4n) is 2.43. The van der Waals surface area contributed by atoms with Gasteiger partial charge in [0.25, 0.3) is 0 Å². The van der Waals surface area contributed by atoms with E-state index in [1.54, 1.807) is 7.11 Å². The van der Waals surface area contributed by atoms with E-state index in [9.17, 15) is 0 Å². The molecule has 2 rings (SSSR count). The molecule has 1 aliphatic heterocycles. The monoisotopic (exact) mass is 253 g/mol. The standard InChI is InChI=1S/C13H23N3O2/c1-13(2,3)10(17-4)11-15-12(18-16-11)9-6-5-7-14-8-9/h9-10,14H,5-8H2,1-4H3. The molecule has 0 amide bonds. The van der Waals surface area contributed by atoms with Crippen LogP contribution in [0.2, 0.25) is 0 Å². The zero-order chi connectivity index (χ0) is 13.2. The number of piperidine rings is 1. The number of nitrogens with zero attached hydrogens (tertiary/aromatic N) is 2. The van der Waals surface area contributed by atoms with Gasteiger partial charge in [0.1, 0.15) is 6.10 Å². The first-order valence-electron chi connectivity index (χ1n) is 6.59. The van der Waals surface area contributed by atoms with Crippen molar-refractivity contribution in [2.75, 3.05) is 20.2 Å². The van der Waals surface area contributed by atoms with Crippen LogP contribution in [0.1, 0.15) is 57.3 Å². The maximum atomic E-state index is 5.50. The van der Waals surface area contributed by atoms with Gasteiger partial charge >= 0.3 is 0 Å². The van der Waals surface area contributed by atoms with Crippen LogP contribution in [0.5, 0.6) is 0 Å². The van der Waals surface area contributed by atoms with E-state index in [2.05, 4.69) is 36.2 Å². The van der Waals surface area contributed by atoms with Crippen LogP contribution in [0, 0.1) is 5.41 Å². The molecule has 1 fully saturated rings. The molecule has 2 unspecified atom stereocenters. The number of methoxy groups -OCH3 is 1. The Morgan fingerprint density at radius 1 is 1.44 bits per heavy atom. The minimum absolute atomic E-state index is 0.0410. The summed E-state index contributed by atoms with van der Waals surface area (Å²) in [6.45, 7) is 8.34. The van der Waals surface area contributed by atoms with E-state index in [1.807, 2.05) is 0 Å². The fraction of sp³-hybridized carbons (Fsp3) is 0.846. The van der Waals surface area contributed by atoms with Gasteiger partial charge in [-0.2, -0.15) is 4.98 Å². The van der Waals surface area contributed by atoms with Crippen molar-refractivity contribution in [3.05, 3.63) is 11.7 Å². The number of aromatic nitrogens is 2. The van der Waals surface area contributed by atoms with Crippen molar-refractivity contribution in [2.45, 2.75) is 45.6 Å². The van der Waals surface area contributed by atoms with Crippen LogP contribution in [0.25, 0.3) is 0 Å². The Kier molecular flexibility index (Phi) is 4.02. The largest absolute Gasteiger partial charge is 0.373 e. The molecule has 1 aromatic rings. The van der Waals surface area contributed by atoms with Gasteiger partial charge in [-0.1, -0.05) is 25.9 Å². The molecular weight excluding hydrogens is 230 g/mol. The lowest BCUT2D eigenvalue weighted by atomic mass is 9.88. The van der Waals surface area contributed by atoms with Crippen molar-refractivity contribution in [2.24, 2.45) is 5.41 Å². The zero-order valence-electron chi connectivity index (χ0n) is 11.7. The SMILES string of the molecule is COC(c1noc(C2CCCNC2)n1)C(C)(C)C. The number of hydrogen-bond donors (Lipinski definition) is 1. The van der Waals surface area contributed by atoms with Gasteiger partial charge in [0.05, 0.1) is 5.92 Å². The molecule has 0 saturated carbocycles. The van der Waals surface area contributed by atoms with Crippen LogP contribution in [-0.4, -0.2) is 30.3 Å². The topological polar surface area (TPSA) is 60.2 Å². The van der Waals surface area contributed by atoms with E-state index in [4.69, 9.17) is 9.26 Å². The lowest BCUT2D eigenvalue weighted by Gasteiger charge is -2.26. The molecular formula is C13H23N3O2.